The SMILES string of the molecule is CCCCCOC(=O)C1CCC(F)CC1F. The Hall–Kier alpha value is -0.670. The van der Waals surface area contributed by atoms with Crippen molar-refractivity contribution in [2.24, 2.45) is 5.92 Å². The van der Waals surface area contributed by atoms with Gasteiger partial charge in [-0.3, -0.25) is 4.79 Å². The predicted molar refractivity (Wildman–Crippen MR) is 57.6 cm³/mol. The number of alkyl halides is 2. The van der Waals surface area contributed by atoms with E-state index in [0.29, 0.717) is 6.61 Å². The van der Waals surface area contributed by atoms with Gasteiger partial charge in [-0.15, -0.1) is 0 Å². The maximum absolute atomic E-state index is 13.4. The number of ether oxygens (including phenoxy) is 1. The van der Waals surface area contributed by atoms with Gasteiger partial charge in [0.15, 0.2) is 0 Å². The molecule has 0 amide bonds. The summed E-state index contributed by atoms with van der Waals surface area (Å²) in [5, 5.41) is 0. The van der Waals surface area contributed by atoms with E-state index in [4.69, 9.17) is 4.74 Å². The Labute approximate surface area is 95.4 Å². The molecule has 0 bridgehead atoms. The zero-order valence-corrected chi connectivity index (χ0v) is 9.75. The molecule has 4 heteroatoms. The van der Waals surface area contributed by atoms with Gasteiger partial charge in [-0.2, -0.15) is 0 Å². The number of halogens is 2. The minimum absolute atomic E-state index is 0.158. The second-order valence-corrected chi connectivity index (χ2v) is 4.41. The molecule has 0 aromatic carbocycles. The van der Waals surface area contributed by atoms with Crippen LogP contribution in [0.15, 0.2) is 0 Å². The van der Waals surface area contributed by atoms with E-state index in [1.807, 2.05) is 0 Å². The van der Waals surface area contributed by atoms with Crippen LogP contribution in [0.1, 0.15) is 45.4 Å². The molecule has 16 heavy (non-hydrogen) atoms. The fourth-order valence-corrected chi connectivity index (χ4v) is 1.97. The van der Waals surface area contributed by atoms with Crippen LogP contribution in [0.5, 0.6) is 0 Å². The Morgan fingerprint density at radius 1 is 1.31 bits per heavy atom. The standard InChI is InChI=1S/C12H20F2O2/c1-2-3-4-7-16-12(15)10-6-5-9(13)8-11(10)14/h9-11H,2-8H2,1H3. The molecule has 3 unspecified atom stereocenters. The summed E-state index contributed by atoms with van der Waals surface area (Å²) >= 11 is 0. The van der Waals surface area contributed by atoms with E-state index in [1.54, 1.807) is 0 Å². The molecule has 0 heterocycles. The van der Waals surface area contributed by atoms with E-state index in [2.05, 4.69) is 6.92 Å². The smallest absolute Gasteiger partial charge is 0.311 e. The number of carbonyl (C=O) groups excluding carboxylic acids is 1. The first kappa shape index (κ1) is 13.4. The maximum atomic E-state index is 13.4. The van der Waals surface area contributed by atoms with E-state index in [-0.39, 0.29) is 19.3 Å². The van der Waals surface area contributed by atoms with Gasteiger partial charge in [0.25, 0.3) is 0 Å². The summed E-state index contributed by atoms with van der Waals surface area (Å²) in [6, 6.07) is 0. The van der Waals surface area contributed by atoms with Crippen molar-refractivity contribution in [1.82, 2.24) is 0 Å². The van der Waals surface area contributed by atoms with Crippen LogP contribution < -0.4 is 0 Å². The summed E-state index contributed by atoms with van der Waals surface area (Å²) < 4.78 is 31.2. The zero-order chi connectivity index (χ0) is 12.0. The highest BCUT2D eigenvalue weighted by Gasteiger charge is 2.36. The van der Waals surface area contributed by atoms with Crippen molar-refractivity contribution in [3.63, 3.8) is 0 Å². The third kappa shape index (κ3) is 4.06. The highest BCUT2D eigenvalue weighted by Crippen LogP contribution is 2.29. The Kier molecular flexibility index (Phi) is 5.71. The van der Waals surface area contributed by atoms with Gasteiger partial charge in [0.1, 0.15) is 12.3 Å². The molecule has 2 nitrogen and oxygen atoms in total. The highest BCUT2D eigenvalue weighted by molar-refractivity contribution is 5.73. The summed E-state index contributed by atoms with van der Waals surface area (Å²) in [6.45, 7) is 2.41. The molecule has 0 aromatic rings. The Morgan fingerprint density at radius 2 is 2.06 bits per heavy atom. The number of hydrogen-bond donors (Lipinski definition) is 0. The summed E-state index contributed by atoms with van der Waals surface area (Å²) in [7, 11) is 0. The van der Waals surface area contributed by atoms with Crippen LogP contribution in [0.3, 0.4) is 0 Å². The summed E-state index contributed by atoms with van der Waals surface area (Å²) in [5.74, 6) is -1.23. The molecule has 1 aliphatic rings. The summed E-state index contributed by atoms with van der Waals surface area (Å²) in [6.07, 6.45) is 0.789. The lowest BCUT2D eigenvalue weighted by molar-refractivity contribution is -0.153. The first-order valence-electron chi connectivity index (χ1n) is 6.10. The molecule has 0 N–H and O–H groups in total. The van der Waals surface area contributed by atoms with Crippen LogP contribution in [-0.2, 0) is 9.53 Å². The lowest BCUT2D eigenvalue weighted by atomic mass is 9.86. The van der Waals surface area contributed by atoms with Crippen LogP contribution in [-0.4, -0.2) is 24.9 Å². The zero-order valence-electron chi connectivity index (χ0n) is 9.75. The summed E-state index contributed by atoms with van der Waals surface area (Å²) in [4.78, 5) is 11.5. The van der Waals surface area contributed by atoms with Crippen molar-refractivity contribution in [2.75, 3.05) is 6.61 Å². The van der Waals surface area contributed by atoms with Crippen LogP contribution in [0.2, 0.25) is 0 Å². The number of esters is 1. The fraction of sp³-hybridized carbons (Fsp3) is 0.917. The molecule has 1 aliphatic carbocycles. The van der Waals surface area contributed by atoms with E-state index < -0.39 is 24.2 Å². The number of rotatable bonds is 5. The fourth-order valence-electron chi connectivity index (χ4n) is 1.97. The van der Waals surface area contributed by atoms with Crippen molar-refractivity contribution < 1.29 is 18.3 Å². The molecule has 0 spiro atoms. The molecule has 0 saturated heterocycles. The minimum atomic E-state index is -1.37. The lowest BCUT2D eigenvalue weighted by Gasteiger charge is -2.26. The third-order valence-electron chi connectivity index (χ3n) is 3.00. The number of unbranched alkanes of at least 4 members (excludes halogenated alkanes) is 2. The first-order valence-corrected chi connectivity index (χ1v) is 6.10. The van der Waals surface area contributed by atoms with Crippen LogP contribution >= 0.6 is 0 Å². The highest BCUT2D eigenvalue weighted by atomic mass is 19.1. The van der Waals surface area contributed by atoms with E-state index in [9.17, 15) is 13.6 Å². The van der Waals surface area contributed by atoms with Gasteiger partial charge in [-0.1, -0.05) is 19.8 Å². The quantitative estimate of drug-likeness (QED) is 0.539. The average Bonchev–Trinajstić information content (AvgIpc) is 2.24. The van der Waals surface area contributed by atoms with Gasteiger partial charge >= 0.3 is 5.97 Å². The lowest BCUT2D eigenvalue weighted by Crippen LogP contribution is -2.34. The normalized spacial score (nSPS) is 30.1. The van der Waals surface area contributed by atoms with E-state index in [0.717, 1.165) is 19.3 Å². The van der Waals surface area contributed by atoms with Gasteiger partial charge in [0.2, 0.25) is 0 Å². The topological polar surface area (TPSA) is 26.3 Å². The molecule has 1 rings (SSSR count). The summed E-state index contributed by atoms with van der Waals surface area (Å²) in [5.41, 5.74) is 0. The molecule has 0 aromatic heterocycles. The van der Waals surface area contributed by atoms with Crippen molar-refractivity contribution >= 4 is 5.97 Å². The average molecular weight is 234 g/mol. The predicted octanol–water partition coefficient (Wildman–Crippen LogP) is 3.20. The van der Waals surface area contributed by atoms with Crippen molar-refractivity contribution in [3.8, 4) is 0 Å². The van der Waals surface area contributed by atoms with Gasteiger partial charge in [-0.25, -0.2) is 8.78 Å². The molecule has 0 aliphatic heterocycles. The molecule has 1 fully saturated rings. The molecule has 0 radical (unpaired) electrons. The van der Waals surface area contributed by atoms with Crippen LogP contribution in [0.4, 0.5) is 8.78 Å². The molecular weight excluding hydrogens is 214 g/mol. The van der Waals surface area contributed by atoms with Crippen LogP contribution in [0, 0.1) is 5.92 Å². The number of hydrogen-bond acceptors (Lipinski definition) is 2. The van der Waals surface area contributed by atoms with Gasteiger partial charge in [0.05, 0.1) is 12.5 Å². The van der Waals surface area contributed by atoms with Crippen molar-refractivity contribution in [1.29, 1.82) is 0 Å². The van der Waals surface area contributed by atoms with Crippen molar-refractivity contribution in [2.45, 2.75) is 57.8 Å². The van der Waals surface area contributed by atoms with Gasteiger partial charge in [0, 0.05) is 6.42 Å². The Morgan fingerprint density at radius 3 is 2.69 bits per heavy atom. The van der Waals surface area contributed by atoms with Crippen LogP contribution in [0.25, 0.3) is 0 Å². The Balaban J connectivity index is 2.25. The third-order valence-corrected chi connectivity index (χ3v) is 3.00. The molecular formula is C12H20F2O2. The monoisotopic (exact) mass is 234 g/mol. The van der Waals surface area contributed by atoms with Gasteiger partial charge in [-0.05, 0) is 19.3 Å². The van der Waals surface area contributed by atoms with Crippen molar-refractivity contribution in [3.05, 3.63) is 0 Å². The molecule has 3 atom stereocenters. The maximum Gasteiger partial charge on any atom is 0.311 e. The Bertz CT molecular complexity index is 221. The molecule has 94 valence electrons. The minimum Gasteiger partial charge on any atom is -0.465 e. The van der Waals surface area contributed by atoms with E-state index in [1.165, 1.54) is 0 Å². The second kappa shape index (κ2) is 6.81. The largest absolute Gasteiger partial charge is 0.465 e. The first-order chi connectivity index (χ1) is 7.65. The van der Waals surface area contributed by atoms with E-state index >= 15 is 0 Å². The molecule has 1 saturated carbocycles. The second-order valence-electron chi connectivity index (χ2n) is 4.41. The van der Waals surface area contributed by atoms with Gasteiger partial charge < -0.3 is 4.74 Å². The number of carbonyl (C=O) groups is 1.